The number of β-amino-alcohol motifs (C(OH)–C–C–N with tert-alkyl or cyclic N) is 1. The van der Waals surface area contributed by atoms with Crippen molar-refractivity contribution >= 4 is 10.8 Å². The molecule has 0 spiro atoms. The normalized spacial score (nSPS) is 16.4. The number of hydrogen-bond acceptors (Lipinski definition) is 6. The molecule has 31 heavy (non-hydrogen) atoms. The van der Waals surface area contributed by atoms with Gasteiger partial charge in [0.25, 0.3) is 0 Å². The highest BCUT2D eigenvalue weighted by molar-refractivity contribution is 6.00. The van der Waals surface area contributed by atoms with Gasteiger partial charge in [0.05, 0.1) is 13.2 Å². The monoisotopic (exact) mass is 423 g/mol. The first-order chi connectivity index (χ1) is 15.0. The summed E-state index contributed by atoms with van der Waals surface area (Å²) in [6.45, 7) is 2.34. The molecule has 3 aromatic rings. The highest BCUT2D eigenvalue weighted by Gasteiger charge is 2.20. The summed E-state index contributed by atoms with van der Waals surface area (Å²) < 4.78 is 11.3. The van der Waals surface area contributed by atoms with E-state index in [9.17, 15) is 15.3 Å². The van der Waals surface area contributed by atoms with Crippen LogP contribution in [0.15, 0.2) is 54.6 Å². The van der Waals surface area contributed by atoms with Crippen LogP contribution in [-0.4, -0.2) is 65.8 Å². The van der Waals surface area contributed by atoms with Gasteiger partial charge >= 0.3 is 0 Å². The molecule has 0 radical (unpaired) electrons. The van der Waals surface area contributed by atoms with Crippen molar-refractivity contribution in [2.24, 2.45) is 0 Å². The average Bonchev–Trinajstić information content (AvgIpc) is 2.79. The first kappa shape index (κ1) is 21.4. The molecule has 0 bridgehead atoms. The van der Waals surface area contributed by atoms with Gasteiger partial charge in [-0.1, -0.05) is 36.4 Å². The Labute approximate surface area is 182 Å². The Kier molecular flexibility index (Phi) is 6.61. The molecule has 0 saturated carbocycles. The zero-order valence-corrected chi connectivity index (χ0v) is 17.7. The van der Waals surface area contributed by atoms with E-state index < -0.39 is 6.10 Å². The topological polar surface area (TPSA) is 82.4 Å². The number of benzene rings is 3. The van der Waals surface area contributed by atoms with Crippen molar-refractivity contribution < 1.29 is 24.8 Å². The van der Waals surface area contributed by atoms with Crippen molar-refractivity contribution in [3.8, 4) is 28.4 Å². The fraction of sp³-hybridized carbons (Fsp3) is 0.360. The number of hydrogen-bond donors (Lipinski definition) is 3. The fourth-order valence-electron chi connectivity index (χ4n) is 4.13. The molecule has 4 rings (SSSR count). The van der Waals surface area contributed by atoms with Gasteiger partial charge < -0.3 is 29.7 Å². The first-order valence-electron chi connectivity index (χ1n) is 10.7. The molecule has 0 amide bonds. The number of methoxy groups -OCH3 is 1. The SMILES string of the molecule is COc1cc(-c2ccc(OCC(O)CN3CCC(O)CC3)c3ccccc23)ccc1O. The van der Waals surface area contributed by atoms with Gasteiger partial charge in [-0.25, -0.2) is 0 Å². The molecule has 1 unspecified atom stereocenters. The van der Waals surface area contributed by atoms with Crippen molar-refractivity contribution in [2.45, 2.75) is 25.0 Å². The molecule has 1 atom stereocenters. The van der Waals surface area contributed by atoms with Gasteiger partial charge in [0, 0.05) is 25.0 Å². The summed E-state index contributed by atoms with van der Waals surface area (Å²) in [7, 11) is 1.53. The van der Waals surface area contributed by atoms with Gasteiger partial charge in [-0.2, -0.15) is 0 Å². The van der Waals surface area contributed by atoms with Crippen LogP contribution < -0.4 is 9.47 Å². The number of nitrogens with zero attached hydrogens (tertiary/aromatic N) is 1. The van der Waals surface area contributed by atoms with E-state index in [0.717, 1.165) is 53.6 Å². The van der Waals surface area contributed by atoms with Gasteiger partial charge in [-0.05, 0) is 47.6 Å². The quantitative estimate of drug-likeness (QED) is 0.540. The van der Waals surface area contributed by atoms with Gasteiger partial charge in [0.15, 0.2) is 11.5 Å². The number of aromatic hydroxyl groups is 1. The summed E-state index contributed by atoms with van der Waals surface area (Å²) in [4.78, 5) is 2.17. The van der Waals surface area contributed by atoms with Crippen molar-refractivity contribution in [1.82, 2.24) is 4.90 Å². The van der Waals surface area contributed by atoms with E-state index in [1.54, 1.807) is 6.07 Å². The number of aliphatic hydroxyl groups excluding tert-OH is 2. The Morgan fingerprint density at radius 2 is 1.74 bits per heavy atom. The minimum atomic E-state index is -0.602. The molecule has 1 aliphatic heterocycles. The van der Waals surface area contributed by atoms with Crippen LogP contribution in [0.1, 0.15) is 12.8 Å². The molecule has 164 valence electrons. The van der Waals surface area contributed by atoms with Crippen LogP contribution in [0.2, 0.25) is 0 Å². The number of likely N-dealkylation sites (tertiary alicyclic amines) is 1. The van der Waals surface area contributed by atoms with Crippen LogP contribution >= 0.6 is 0 Å². The Bertz CT molecular complexity index is 1030. The largest absolute Gasteiger partial charge is 0.504 e. The van der Waals surface area contributed by atoms with Gasteiger partial charge in [-0.3, -0.25) is 0 Å². The summed E-state index contributed by atoms with van der Waals surface area (Å²) in [6.07, 6.45) is 0.682. The van der Waals surface area contributed by atoms with E-state index in [2.05, 4.69) is 4.90 Å². The molecule has 1 fully saturated rings. The van der Waals surface area contributed by atoms with E-state index in [1.165, 1.54) is 7.11 Å². The number of fused-ring (bicyclic) bond motifs is 1. The molecule has 1 saturated heterocycles. The fourth-order valence-corrected chi connectivity index (χ4v) is 4.13. The second-order valence-electron chi connectivity index (χ2n) is 8.04. The standard InChI is InChI=1S/C25H29NO5/c1-30-25-14-17(6-8-23(25)29)20-7-9-24(22-5-3-2-4-21(20)22)31-16-19(28)15-26-12-10-18(27)11-13-26/h2-9,14,18-19,27-29H,10-13,15-16H2,1H3. The van der Waals surface area contributed by atoms with Crippen LogP contribution in [0.5, 0.6) is 17.2 Å². The molecular formula is C25H29NO5. The predicted molar refractivity (Wildman–Crippen MR) is 121 cm³/mol. The second-order valence-corrected chi connectivity index (χ2v) is 8.04. The molecule has 0 aromatic heterocycles. The van der Waals surface area contributed by atoms with Gasteiger partial charge in [0.1, 0.15) is 18.5 Å². The third kappa shape index (κ3) is 4.93. The van der Waals surface area contributed by atoms with Gasteiger partial charge in [0.2, 0.25) is 0 Å². The van der Waals surface area contributed by atoms with E-state index >= 15 is 0 Å². The molecule has 1 aliphatic rings. The third-order valence-corrected chi connectivity index (χ3v) is 5.83. The highest BCUT2D eigenvalue weighted by atomic mass is 16.5. The van der Waals surface area contributed by atoms with Crippen LogP contribution in [-0.2, 0) is 0 Å². The summed E-state index contributed by atoms with van der Waals surface area (Å²) in [5.74, 6) is 1.25. The lowest BCUT2D eigenvalue weighted by Crippen LogP contribution is -2.41. The van der Waals surface area contributed by atoms with Crippen molar-refractivity contribution in [1.29, 1.82) is 0 Å². The molecule has 6 heteroatoms. The Balaban J connectivity index is 1.52. The van der Waals surface area contributed by atoms with Crippen LogP contribution in [0.4, 0.5) is 0 Å². The van der Waals surface area contributed by atoms with Crippen LogP contribution in [0.3, 0.4) is 0 Å². The maximum absolute atomic E-state index is 10.5. The summed E-state index contributed by atoms with van der Waals surface area (Å²) in [6, 6.07) is 17.2. The lowest BCUT2D eigenvalue weighted by Gasteiger charge is -2.30. The van der Waals surface area contributed by atoms with E-state index in [1.807, 2.05) is 48.5 Å². The van der Waals surface area contributed by atoms with Crippen molar-refractivity contribution in [3.05, 3.63) is 54.6 Å². The average molecular weight is 424 g/mol. The Hall–Kier alpha value is -2.80. The molecule has 0 aliphatic carbocycles. The number of phenols is 1. The van der Waals surface area contributed by atoms with Crippen LogP contribution in [0, 0.1) is 0 Å². The molecular weight excluding hydrogens is 394 g/mol. The Morgan fingerprint density at radius 3 is 2.48 bits per heavy atom. The van der Waals surface area contributed by atoms with E-state index in [-0.39, 0.29) is 18.5 Å². The zero-order chi connectivity index (χ0) is 21.8. The lowest BCUT2D eigenvalue weighted by atomic mass is 9.97. The highest BCUT2D eigenvalue weighted by Crippen LogP contribution is 2.37. The number of aliphatic hydroxyl groups is 2. The minimum absolute atomic E-state index is 0.104. The lowest BCUT2D eigenvalue weighted by molar-refractivity contribution is 0.0340. The molecule has 1 heterocycles. The van der Waals surface area contributed by atoms with Crippen molar-refractivity contribution in [3.63, 3.8) is 0 Å². The smallest absolute Gasteiger partial charge is 0.161 e. The molecule has 6 nitrogen and oxygen atoms in total. The summed E-state index contributed by atoms with van der Waals surface area (Å²) >= 11 is 0. The zero-order valence-electron chi connectivity index (χ0n) is 17.7. The van der Waals surface area contributed by atoms with Gasteiger partial charge in [-0.15, -0.1) is 0 Å². The predicted octanol–water partition coefficient (Wildman–Crippen LogP) is 3.42. The second kappa shape index (κ2) is 9.56. The van der Waals surface area contributed by atoms with E-state index in [4.69, 9.17) is 9.47 Å². The number of piperidine rings is 1. The summed E-state index contributed by atoms with van der Waals surface area (Å²) in [5, 5.41) is 32.0. The third-order valence-electron chi connectivity index (χ3n) is 5.83. The first-order valence-corrected chi connectivity index (χ1v) is 10.7. The number of ether oxygens (including phenoxy) is 2. The number of phenolic OH excluding ortho intramolecular Hbond substituents is 1. The maximum atomic E-state index is 10.5. The Morgan fingerprint density at radius 1 is 1.00 bits per heavy atom. The molecule has 3 aromatic carbocycles. The summed E-state index contributed by atoms with van der Waals surface area (Å²) in [5.41, 5.74) is 1.94. The van der Waals surface area contributed by atoms with Crippen molar-refractivity contribution in [2.75, 3.05) is 33.4 Å². The number of rotatable bonds is 7. The van der Waals surface area contributed by atoms with Crippen LogP contribution in [0.25, 0.3) is 21.9 Å². The van der Waals surface area contributed by atoms with E-state index in [0.29, 0.717) is 12.3 Å². The maximum Gasteiger partial charge on any atom is 0.161 e. The minimum Gasteiger partial charge on any atom is -0.504 e. The molecule has 3 N–H and O–H groups in total.